The van der Waals surface area contributed by atoms with Crippen LogP contribution in [0.1, 0.15) is 64.1 Å². The highest BCUT2D eigenvalue weighted by atomic mass is 16.5. The molecule has 118 valence electrons. The number of hydrogen-bond donors (Lipinski definition) is 1. The summed E-state index contributed by atoms with van der Waals surface area (Å²) in [5.74, 6) is 2.15. The molecule has 0 bridgehead atoms. The molecule has 0 aliphatic heterocycles. The van der Waals surface area contributed by atoms with E-state index < -0.39 is 0 Å². The Kier molecular flexibility index (Phi) is 4.60. The molecule has 2 unspecified atom stereocenters. The molecular formula is C16H27N3O2. The molecule has 3 rings (SSSR count). The standard InChI is InChI=1S/C16H27N3O2/c1-3-20-16(9-4-5-12(2)11-16)15-18-14(21-19-15)8-10-17-13-6-7-13/h12-13,17H,3-11H2,1-2H3. The lowest BCUT2D eigenvalue weighted by molar-refractivity contribution is -0.0891. The summed E-state index contributed by atoms with van der Waals surface area (Å²) in [4.78, 5) is 4.63. The summed E-state index contributed by atoms with van der Waals surface area (Å²) in [6.45, 7) is 5.94. The summed E-state index contributed by atoms with van der Waals surface area (Å²) in [6, 6.07) is 0.723. The first-order chi connectivity index (χ1) is 10.2. The number of rotatable bonds is 7. The number of aromatic nitrogens is 2. The van der Waals surface area contributed by atoms with Gasteiger partial charge in [-0.15, -0.1) is 0 Å². The van der Waals surface area contributed by atoms with E-state index in [9.17, 15) is 0 Å². The van der Waals surface area contributed by atoms with Crippen molar-refractivity contribution in [3.63, 3.8) is 0 Å². The van der Waals surface area contributed by atoms with Gasteiger partial charge in [0, 0.05) is 25.6 Å². The van der Waals surface area contributed by atoms with Crippen LogP contribution in [0.4, 0.5) is 0 Å². The third-order valence-electron chi connectivity index (χ3n) is 4.60. The fourth-order valence-corrected chi connectivity index (χ4v) is 3.39. The van der Waals surface area contributed by atoms with Gasteiger partial charge in [-0.05, 0) is 44.9 Å². The van der Waals surface area contributed by atoms with Crippen molar-refractivity contribution in [1.82, 2.24) is 15.5 Å². The van der Waals surface area contributed by atoms with E-state index in [0.717, 1.165) is 43.6 Å². The summed E-state index contributed by atoms with van der Waals surface area (Å²) in [5.41, 5.74) is -0.321. The second-order valence-electron chi connectivity index (χ2n) is 6.62. The molecule has 1 heterocycles. The predicted octanol–water partition coefficient (Wildman–Crippen LogP) is 2.81. The van der Waals surface area contributed by atoms with Crippen LogP contribution < -0.4 is 5.32 Å². The van der Waals surface area contributed by atoms with Crippen LogP contribution in [0.3, 0.4) is 0 Å². The van der Waals surface area contributed by atoms with Gasteiger partial charge in [0.1, 0.15) is 5.60 Å². The minimum Gasteiger partial charge on any atom is -0.367 e. The van der Waals surface area contributed by atoms with Crippen molar-refractivity contribution in [1.29, 1.82) is 0 Å². The number of nitrogens with one attached hydrogen (secondary N) is 1. The van der Waals surface area contributed by atoms with Gasteiger partial charge in [0.25, 0.3) is 0 Å². The molecule has 2 saturated carbocycles. The van der Waals surface area contributed by atoms with Crippen molar-refractivity contribution in [2.45, 2.75) is 70.4 Å². The van der Waals surface area contributed by atoms with Gasteiger partial charge in [0.2, 0.25) is 11.7 Å². The Bertz CT molecular complexity index is 454. The van der Waals surface area contributed by atoms with E-state index in [2.05, 4.69) is 22.4 Å². The van der Waals surface area contributed by atoms with Crippen LogP contribution in [0.2, 0.25) is 0 Å². The molecule has 1 aromatic rings. The average Bonchev–Trinajstić information content (AvgIpc) is 3.15. The monoisotopic (exact) mass is 293 g/mol. The summed E-state index contributed by atoms with van der Waals surface area (Å²) >= 11 is 0. The van der Waals surface area contributed by atoms with Crippen LogP contribution in [0, 0.1) is 5.92 Å². The van der Waals surface area contributed by atoms with Gasteiger partial charge in [-0.1, -0.05) is 18.5 Å². The van der Waals surface area contributed by atoms with E-state index >= 15 is 0 Å². The summed E-state index contributed by atoms with van der Waals surface area (Å²) in [7, 11) is 0. The second kappa shape index (κ2) is 6.44. The van der Waals surface area contributed by atoms with E-state index in [1.54, 1.807) is 0 Å². The molecule has 0 saturated heterocycles. The van der Waals surface area contributed by atoms with E-state index in [4.69, 9.17) is 9.26 Å². The van der Waals surface area contributed by atoms with E-state index in [0.29, 0.717) is 12.5 Å². The van der Waals surface area contributed by atoms with Crippen molar-refractivity contribution in [2.75, 3.05) is 13.2 Å². The van der Waals surface area contributed by atoms with Crippen molar-refractivity contribution < 1.29 is 9.26 Å². The molecule has 1 aromatic heterocycles. The van der Waals surface area contributed by atoms with Gasteiger partial charge in [-0.25, -0.2) is 0 Å². The quantitative estimate of drug-likeness (QED) is 0.837. The Morgan fingerprint density at radius 2 is 2.24 bits per heavy atom. The second-order valence-corrected chi connectivity index (χ2v) is 6.62. The smallest absolute Gasteiger partial charge is 0.228 e. The lowest BCUT2D eigenvalue weighted by atomic mass is 9.78. The topological polar surface area (TPSA) is 60.2 Å². The molecule has 1 N–H and O–H groups in total. The van der Waals surface area contributed by atoms with Crippen LogP contribution >= 0.6 is 0 Å². The van der Waals surface area contributed by atoms with Crippen LogP contribution in [-0.4, -0.2) is 29.3 Å². The molecule has 5 nitrogen and oxygen atoms in total. The lowest BCUT2D eigenvalue weighted by Crippen LogP contribution is -2.36. The fourth-order valence-electron chi connectivity index (χ4n) is 3.39. The molecule has 2 atom stereocenters. The molecule has 0 amide bonds. The summed E-state index contributed by atoms with van der Waals surface area (Å²) in [5, 5.41) is 7.72. The first-order valence-corrected chi connectivity index (χ1v) is 8.42. The van der Waals surface area contributed by atoms with Gasteiger partial charge in [-0.2, -0.15) is 4.98 Å². The maximum Gasteiger partial charge on any atom is 0.228 e. The third-order valence-corrected chi connectivity index (χ3v) is 4.60. The highest BCUT2D eigenvalue weighted by Gasteiger charge is 2.41. The lowest BCUT2D eigenvalue weighted by Gasteiger charge is -2.37. The van der Waals surface area contributed by atoms with Gasteiger partial charge in [0.05, 0.1) is 0 Å². The zero-order valence-corrected chi connectivity index (χ0v) is 13.2. The minimum atomic E-state index is -0.321. The molecule has 5 heteroatoms. The highest BCUT2D eigenvalue weighted by molar-refractivity contribution is 5.04. The van der Waals surface area contributed by atoms with Crippen molar-refractivity contribution in [3.8, 4) is 0 Å². The molecule has 2 fully saturated rings. The van der Waals surface area contributed by atoms with Gasteiger partial charge >= 0.3 is 0 Å². The Labute approximate surface area is 126 Å². The molecular weight excluding hydrogens is 266 g/mol. The molecule has 2 aliphatic rings. The van der Waals surface area contributed by atoms with Gasteiger partial charge < -0.3 is 14.6 Å². The SMILES string of the molecule is CCOC1(c2noc(CCNC3CC3)n2)CCCC(C)C1. The van der Waals surface area contributed by atoms with E-state index in [-0.39, 0.29) is 5.60 Å². The van der Waals surface area contributed by atoms with Crippen LogP contribution in [0.15, 0.2) is 4.52 Å². The summed E-state index contributed by atoms with van der Waals surface area (Å²) in [6.07, 6.45) is 7.87. The van der Waals surface area contributed by atoms with Crippen LogP contribution in [0.25, 0.3) is 0 Å². The van der Waals surface area contributed by atoms with Crippen molar-refractivity contribution >= 4 is 0 Å². The first kappa shape index (κ1) is 15.0. The maximum atomic E-state index is 6.09. The molecule has 0 radical (unpaired) electrons. The van der Waals surface area contributed by atoms with E-state index in [1.165, 1.54) is 25.7 Å². The first-order valence-electron chi connectivity index (χ1n) is 8.42. The van der Waals surface area contributed by atoms with E-state index in [1.807, 2.05) is 6.92 Å². The van der Waals surface area contributed by atoms with Crippen LogP contribution in [0.5, 0.6) is 0 Å². The molecule has 0 aromatic carbocycles. The highest BCUT2D eigenvalue weighted by Crippen LogP contribution is 2.41. The Balaban J connectivity index is 1.65. The largest absolute Gasteiger partial charge is 0.367 e. The predicted molar refractivity (Wildman–Crippen MR) is 80.0 cm³/mol. The maximum absolute atomic E-state index is 6.09. The number of nitrogens with zero attached hydrogens (tertiary/aromatic N) is 2. The van der Waals surface area contributed by atoms with Crippen LogP contribution in [-0.2, 0) is 16.8 Å². The third kappa shape index (κ3) is 3.64. The zero-order chi connectivity index (χ0) is 14.7. The Hall–Kier alpha value is -0.940. The zero-order valence-electron chi connectivity index (χ0n) is 13.2. The van der Waals surface area contributed by atoms with Crippen molar-refractivity contribution in [2.24, 2.45) is 5.92 Å². The van der Waals surface area contributed by atoms with Crippen molar-refractivity contribution in [3.05, 3.63) is 11.7 Å². The Morgan fingerprint density at radius 3 is 2.95 bits per heavy atom. The fraction of sp³-hybridized carbons (Fsp3) is 0.875. The number of ether oxygens (including phenoxy) is 1. The molecule has 21 heavy (non-hydrogen) atoms. The van der Waals surface area contributed by atoms with Gasteiger partial charge in [-0.3, -0.25) is 0 Å². The minimum absolute atomic E-state index is 0.321. The number of hydrogen-bond acceptors (Lipinski definition) is 5. The molecule has 2 aliphatic carbocycles. The Morgan fingerprint density at radius 1 is 1.38 bits per heavy atom. The normalized spacial score (nSPS) is 29.7. The molecule has 0 spiro atoms. The summed E-state index contributed by atoms with van der Waals surface area (Å²) < 4.78 is 11.5. The van der Waals surface area contributed by atoms with Gasteiger partial charge in [0.15, 0.2) is 0 Å². The average molecular weight is 293 g/mol.